The molecule has 1 unspecified atom stereocenters. The van der Waals surface area contributed by atoms with Crippen molar-refractivity contribution in [2.24, 2.45) is 4.99 Å². The van der Waals surface area contributed by atoms with Crippen molar-refractivity contribution >= 4 is 29.1 Å². The summed E-state index contributed by atoms with van der Waals surface area (Å²) in [5.74, 6) is 0. The molecule has 3 nitrogen and oxygen atoms in total. The van der Waals surface area contributed by atoms with Crippen molar-refractivity contribution in [1.29, 1.82) is 0 Å². The van der Waals surface area contributed by atoms with Gasteiger partial charge in [-0.2, -0.15) is 0 Å². The first-order valence-corrected chi connectivity index (χ1v) is 5.46. The van der Waals surface area contributed by atoms with Crippen molar-refractivity contribution in [2.75, 3.05) is 20.3 Å². The van der Waals surface area contributed by atoms with Gasteiger partial charge in [0.05, 0.1) is 24.2 Å². The van der Waals surface area contributed by atoms with E-state index in [1.807, 2.05) is 17.4 Å². The Hall–Kier alpha value is -0.0300. The number of aliphatic imine (C=N–C) groups is 1. The second-order valence-electron chi connectivity index (χ2n) is 3.17. The molecule has 0 aromatic heterocycles. The van der Waals surface area contributed by atoms with Crippen molar-refractivity contribution in [3.8, 4) is 0 Å². The molecule has 2 rings (SSSR count). The van der Waals surface area contributed by atoms with Crippen molar-refractivity contribution < 1.29 is 5.11 Å². The van der Waals surface area contributed by atoms with Crippen LogP contribution >= 0.6 is 23.4 Å². The second-order valence-corrected chi connectivity index (χ2v) is 4.64. The molecule has 0 bridgehead atoms. The zero-order valence-electron chi connectivity index (χ0n) is 7.27. The van der Waals surface area contributed by atoms with Crippen LogP contribution in [0.5, 0.6) is 0 Å². The van der Waals surface area contributed by atoms with E-state index in [9.17, 15) is 0 Å². The first-order valence-electron chi connectivity index (χ1n) is 4.08. The number of hydrogen-bond donors (Lipinski definition) is 1. The standard InChI is InChI=1S/C8H11ClN2OS/c1-11-4-10-6-5(2-12)3-13-7(6)8(11)9/h3,7-8,12H,2,4H2,1H3/t7?,8-/m0/s1. The van der Waals surface area contributed by atoms with Gasteiger partial charge in [0.1, 0.15) is 5.50 Å². The first-order chi connectivity index (χ1) is 6.24. The van der Waals surface area contributed by atoms with Gasteiger partial charge in [0.15, 0.2) is 0 Å². The Bertz CT molecular complexity index is 279. The monoisotopic (exact) mass is 218 g/mol. The maximum atomic E-state index is 9.04. The average Bonchev–Trinajstić information content (AvgIpc) is 2.55. The Morgan fingerprint density at radius 3 is 3.31 bits per heavy atom. The largest absolute Gasteiger partial charge is 0.392 e. The van der Waals surface area contributed by atoms with Crippen molar-refractivity contribution in [3.63, 3.8) is 0 Å². The van der Waals surface area contributed by atoms with Crippen LogP contribution in [0.2, 0.25) is 0 Å². The summed E-state index contributed by atoms with van der Waals surface area (Å²) in [5, 5.41) is 11.2. The summed E-state index contributed by atoms with van der Waals surface area (Å²) in [7, 11) is 1.95. The van der Waals surface area contributed by atoms with Gasteiger partial charge in [-0.05, 0) is 12.5 Å². The third kappa shape index (κ3) is 1.52. The molecule has 0 aromatic rings. The fraction of sp³-hybridized carbons (Fsp3) is 0.625. The molecule has 72 valence electrons. The number of rotatable bonds is 1. The number of thioether (sulfide) groups is 1. The van der Waals surface area contributed by atoms with Gasteiger partial charge < -0.3 is 5.11 Å². The highest BCUT2D eigenvalue weighted by Crippen LogP contribution is 2.35. The summed E-state index contributed by atoms with van der Waals surface area (Å²) in [5.41, 5.74) is 1.89. The van der Waals surface area contributed by atoms with Crippen molar-refractivity contribution in [2.45, 2.75) is 10.8 Å². The van der Waals surface area contributed by atoms with E-state index in [4.69, 9.17) is 16.7 Å². The van der Waals surface area contributed by atoms with Gasteiger partial charge in [-0.3, -0.25) is 9.89 Å². The lowest BCUT2D eigenvalue weighted by Crippen LogP contribution is -2.43. The van der Waals surface area contributed by atoms with Crippen LogP contribution in [-0.4, -0.2) is 46.8 Å². The lowest BCUT2D eigenvalue weighted by molar-refractivity contribution is 0.311. The summed E-state index contributed by atoms with van der Waals surface area (Å²) in [6.45, 7) is 0.688. The Labute approximate surface area is 86.5 Å². The van der Waals surface area contributed by atoms with Gasteiger partial charge in [0.25, 0.3) is 0 Å². The van der Waals surface area contributed by atoms with Gasteiger partial charge in [-0.15, -0.1) is 23.4 Å². The van der Waals surface area contributed by atoms with Gasteiger partial charge in [0.2, 0.25) is 0 Å². The maximum Gasteiger partial charge on any atom is 0.104 e. The average molecular weight is 219 g/mol. The van der Waals surface area contributed by atoms with E-state index in [0.29, 0.717) is 6.67 Å². The fourth-order valence-corrected chi connectivity index (χ4v) is 3.02. The SMILES string of the molecule is CN1CN=C2C(CO)=CSC2[C@H]1Cl. The molecule has 5 heteroatoms. The van der Waals surface area contributed by atoms with Crippen molar-refractivity contribution in [1.82, 2.24) is 4.90 Å². The molecule has 2 atom stereocenters. The van der Waals surface area contributed by atoms with Crippen LogP contribution in [-0.2, 0) is 0 Å². The van der Waals surface area contributed by atoms with E-state index in [1.54, 1.807) is 11.8 Å². The lowest BCUT2D eigenvalue weighted by Gasteiger charge is -2.31. The number of hydrogen-bond acceptors (Lipinski definition) is 4. The van der Waals surface area contributed by atoms with Crippen LogP contribution in [0.25, 0.3) is 0 Å². The van der Waals surface area contributed by atoms with Crippen LogP contribution in [0.3, 0.4) is 0 Å². The van der Waals surface area contributed by atoms with Crippen LogP contribution in [0.4, 0.5) is 0 Å². The van der Waals surface area contributed by atoms with E-state index < -0.39 is 0 Å². The third-order valence-electron chi connectivity index (χ3n) is 2.26. The normalized spacial score (nSPS) is 34.1. The molecule has 2 aliphatic rings. The fourth-order valence-electron chi connectivity index (χ4n) is 1.46. The van der Waals surface area contributed by atoms with Crippen LogP contribution in [0.15, 0.2) is 16.0 Å². The molecule has 0 amide bonds. The van der Waals surface area contributed by atoms with E-state index in [2.05, 4.69) is 4.99 Å². The molecular weight excluding hydrogens is 208 g/mol. The molecule has 2 aliphatic heterocycles. The number of aliphatic hydroxyl groups is 1. The first kappa shape index (κ1) is 9.52. The summed E-state index contributed by atoms with van der Waals surface area (Å²) >= 11 is 7.84. The molecule has 0 saturated heterocycles. The molecular formula is C8H11ClN2OS. The Kier molecular flexibility index (Phi) is 2.65. The van der Waals surface area contributed by atoms with Crippen LogP contribution < -0.4 is 0 Å². The summed E-state index contributed by atoms with van der Waals surface area (Å²) in [6, 6.07) is 0. The zero-order chi connectivity index (χ0) is 9.42. The molecule has 0 aromatic carbocycles. The van der Waals surface area contributed by atoms with Gasteiger partial charge in [-0.25, -0.2) is 0 Å². The van der Waals surface area contributed by atoms with E-state index in [1.165, 1.54) is 0 Å². The molecule has 0 fully saturated rings. The molecule has 13 heavy (non-hydrogen) atoms. The maximum absolute atomic E-state index is 9.04. The van der Waals surface area contributed by atoms with Gasteiger partial charge >= 0.3 is 0 Å². The summed E-state index contributed by atoms with van der Waals surface area (Å²) in [4.78, 5) is 6.38. The van der Waals surface area contributed by atoms with Crippen LogP contribution in [0, 0.1) is 0 Å². The van der Waals surface area contributed by atoms with Crippen molar-refractivity contribution in [3.05, 3.63) is 11.0 Å². The molecule has 2 heterocycles. The Balaban J connectivity index is 2.23. The molecule has 0 radical (unpaired) electrons. The minimum Gasteiger partial charge on any atom is -0.392 e. The number of alkyl halides is 1. The highest BCUT2D eigenvalue weighted by atomic mass is 35.5. The molecule has 1 N–H and O–H groups in total. The van der Waals surface area contributed by atoms with Gasteiger partial charge in [0, 0.05) is 5.57 Å². The quantitative estimate of drug-likeness (QED) is 0.525. The van der Waals surface area contributed by atoms with E-state index >= 15 is 0 Å². The van der Waals surface area contributed by atoms with Gasteiger partial charge in [-0.1, -0.05) is 0 Å². The Morgan fingerprint density at radius 2 is 2.62 bits per heavy atom. The summed E-state index contributed by atoms with van der Waals surface area (Å²) < 4.78 is 0. The molecule has 0 saturated carbocycles. The number of halogens is 1. The predicted octanol–water partition coefficient (Wildman–Crippen LogP) is 0.887. The number of aliphatic hydroxyl groups excluding tert-OH is 1. The highest BCUT2D eigenvalue weighted by Gasteiger charge is 2.36. The lowest BCUT2D eigenvalue weighted by atomic mass is 10.1. The zero-order valence-corrected chi connectivity index (χ0v) is 8.85. The van der Waals surface area contributed by atoms with E-state index in [-0.39, 0.29) is 17.4 Å². The minimum atomic E-state index is -0.0159. The second kappa shape index (κ2) is 3.61. The third-order valence-corrected chi connectivity index (χ3v) is 4.19. The smallest absolute Gasteiger partial charge is 0.104 e. The summed E-state index contributed by atoms with van der Waals surface area (Å²) in [6.07, 6.45) is 0. The molecule has 0 aliphatic carbocycles. The highest BCUT2D eigenvalue weighted by molar-refractivity contribution is 8.04. The predicted molar refractivity (Wildman–Crippen MR) is 56.3 cm³/mol. The topological polar surface area (TPSA) is 35.8 Å². The number of fused-ring (bicyclic) bond motifs is 1. The Morgan fingerprint density at radius 1 is 1.85 bits per heavy atom. The number of nitrogens with zero attached hydrogens (tertiary/aromatic N) is 2. The molecule has 0 spiro atoms. The van der Waals surface area contributed by atoms with E-state index in [0.717, 1.165) is 11.3 Å². The minimum absolute atomic E-state index is 0.0159. The van der Waals surface area contributed by atoms with Crippen LogP contribution in [0.1, 0.15) is 0 Å².